The number of nitrogens with one attached hydrogen (secondary N) is 1. The summed E-state index contributed by atoms with van der Waals surface area (Å²) in [5.41, 5.74) is 1.77. The zero-order chi connectivity index (χ0) is 17.4. The van der Waals surface area contributed by atoms with Gasteiger partial charge in [0.1, 0.15) is 12.4 Å². The Morgan fingerprint density at radius 2 is 2.12 bits per heavy atom. The predicted molar refractivity (Wildman–Crippen MR) is 95.6 cm³/mol. The lowest BCUT2D eigenvalue weighted by Crippen LogP contribution is -2.34. The highest BCUT2D eigenvalue weighted by Gasteiger charge is 2.10. The van der Waals surface area contributed by atoms with Crippen molar-refractivity contribution in [1.29, 1.82) is 0 Å². The number of likely N-dealkylation sites (N-methyl/N-ethyl adjacent to an activating group) is 1. The van der Waals surface area contributed by atoms with Crippen LogP contribution in [0.5, 0.6) is 5.75 Å². The van der Waals surface area contributed by atoms with Crippen molar-refractivity contribution in [3.05, 3.63) is 52.2 Å². The second-order valence-corrected chi connectivity index (χ2v) is 6.28. The zero-order valence-corrected chi connectivity index (χ0v) is 14.8. The molecule has 0 aliphatic rings. The van der Waals surface area contributed by atoms with Gasteiger partial charge in [0.2, 0.25) is 5.91 Å². The van der Waals surface area contributed by atoms with E-state index in [2.05, 4.69) is 5.32 Å². The van der Waals surface area contributed by atoms with Crippen molar-refractivity contribution in [2.45, 2.75) is 13.3 Å². The van der Waals surface area contributed by atoms with Crippen LogP contribution in [-0.2, 0) is 4.79 Å². The summed E-state index contributed by atoms with van der Waals surface area (Å²) < 4.78 is 5.64. The van der Waals surface area contributed by atoms with Crippen LogP contribution in [-0.4, -0.2) is 43.5 Å². The Labute approximate surface area is 146 Å². The number of thiophene rings is 1. The molecule has 0 spiro atoms. The summed E-state index contributed by atoms with van der Waals surface area (Å²) in [6.07, 6.45) is 0.275. The van der Waals surface area contributed by atoms with E-state index in [9.17, 15) is 9.59 Å². The Kier molecular flexibility index (Phi) is 6.81. The highest BCUT2D eigenvalue weighted by molar-refractivity contribution is 7.08. The van der Waals surface area contributed by atoms with Crippen LogP contribution in [0.25, 0.3) is 0 Å². The maximum atomic E-state index is 12.0. The van der Waals surface area contributed by atoms with E-state index in [0.29, 0.717) is 25.3 Å². The Hall–Kier alpha value is -2.34. The number of benzene rings is 1. The molecule has 1 heterocycles. The summed E-state index contributed by atoms with van der Waals surface area (Å²) in [5, 5.41) is 6.38. The number of carbonyl (C=O) groups is 2. The van der Waals surface area contributed by atoms with Crippen LogP contribution in [0.4, 0.5) is 0 Å². The molecule has 1 aromatic heterocycles. The number of amides is 2. The first-order valence-electron chi connectivity index (χ1n) is 7.80. The molecule has 1 N–H and O–H groups in total. The maximum Gasteiger partial charge on any atom is 0.252 e. The van der Waals surface area contributed by atoms with Crippen LogP contribution < -0.4 is 10.1 Å². The SMILES string of the molecule is Cc1cccc(OCCN(C)C(=O)CCNC(=O)c2ccsc2)c1. The van der Waals surface area contributed by atoms with Crippen LogP contribution >= 0.6 is 11.3 Å². The molecule has 128 valence electrons. The van der Waals surface area contributed by atoms with Crippen molar-refractivity contribution in [2.24, 2.45) is 0 Å². The second-order valence-electron chi connectivity index (χ2n) is 5.50. The predicted octanol–water partition coefficient (Wildman–Crippen LogP) is 2.71. The molecular formula is C18H22N2O3S. The Balaban J connectivity index is 1.64. The third-order valence-corrected chi connectivity index (χ3v) is 4.20. The molecule has 6 heteroatoms. The maximum absolute atomic E-state index is 12.0. The van der Waals surface area contributed by atoms with E-state index in [0.717, 1.165) is 11.3 Å². The van der Waals surface area contributed by atoms with Gasteiger partial charge in [0.15, 0.2) is 0 Å². The fourth-order valence-electron chi connectivity index (χ4n) is 2.10. The number of ether oxygens (including phenoxy) is 1. The molecule has 0 radical (unpaired) electrons. The lowest BCUT2D eigenvalue weighted by molar-refractivity contribution is -0.130. The molecule has 1 aromatic carbocycles. The quantitative estimate of drug-likeness (QED) is 0.799. The summed E-state index contributed by atoms with van der Waals surface area (Å²) in [7, 11) is 1.74. The third kappa shape index (κ3) is 5.70. The van der Waals surface area contributed by atoms with Crippen LogP contribution in [0.15, 0.2) is 41.1 Å². The van der Waals surface area contributed by atoms with Crippen molar-refractivity contribution in [1.82, 2.24) is 10.2 Å². The summed E-state index contributed by atoms with van der Waals surface area (Å²) in [5.74, 6) is 0.641. The standard InChI is InChI=1S/C18H22N2O3S/c1-14-4-3-5-16(12-14)23-10-9-20(2)17(21)6-8-19-18(22)15-7-11-24-13-15/h3-5,7,11-13H,6,8-10H2,1-2H3,(H,19,22). The van der Waals surface area contributed by atoms with Gasteiger partial charge in [0.05, 0.1) is 6.54 Å². The first-order valence-corrected chi connectivity index (χ1v) is 8.74. The molecule has 0 aliphatic heterocycles. The second kappa shape index (κ2) is 9.08. The van der Waals surface area contributed by atoms with Gasteiger partial charge in [-0.15, -0.1) is 0 Å². The smallest absolute Gasteiger partial charge is 0.252 e. The monoisotopic (exact) mass is 346 g/mol. The Bertz CT molecular complexity index is 671. The minimum Gasteiger partial charge on any atom is -0.492 e. The van der Waals surface area contributed by atoms with Crippen molar-refractivity contribution < 1.29 is 14.3 Å². The van der Waals surface area contributed by atoms with Gasteiger partial charge in [0.25, 0.3) is 5.91 Å². The van der Waals surface area contributed by atoms with Crippen LogP contribution in [0, 0.1) is 6.92 Å². The highest BCUT2D eigenvalue weighted by Crippen LogP contribution is 2.12. The van der Waals surface area contributed by atoms with Crippen molar-refractivity contribution in [3.63, 3.8) is 0 Å². The molecule has 0 saturated heterocycles. The minimum absolute atomic E-state index is 0.0199. The third-order valence-electron chi connectivity index (χ3n) is 3.52. The van der Waals surface area contributed by atoms with Crippen molar-refractivity contribution in [2.75, 3.05) is 26.7 Å². The topological polar surface area (TPSA) is 58.6 Å². The average Bonchev–Trinajstić information content (AvgIpc) is 3.09. The average molecular weight is 346 g/mol. The van der Waals surface area contributed by atoms with Gasteiger partial charge < -0.3 is 15.0 Å². The van der Waals surface area contributed by atoms with Gasteiger partial charge >= 0.3 is 0 Å². The number of carbonyl (C=O) groups excluding carboxylic acids is 2. The molecule has 2 amide bonds. The molecule has 0 bridgehead atoms. The van der Waals surface area contributed by atoms with Gasteiger partial charge in [-0.1, -0.05) is 12.1 Å². The molecular weight excluding hydrogens is 324 g/mol. The molecule has 2 aromatic rings. The molecule has 0 saturated carbocycles. The zero-order valence-electron chi connectivity index (χ0n) is 14.0. The van der Waals surface area contributed by atoms with Crippen LogP contribution in [0.2, 0.25) is 0 Å². The Morgan fingerprint density at radius 1 is 1.29 bits per heavy atom. The first kappa shape index (κ1) is 18.0. The number of nitrogens with zero attached hydrogens (tertiary/aromatic N) is 1. The normalized spacial score (nSPS) is 10.2. The van der Waals surface area contributed by atoms with Gasteiger partial charge in [-0.2, -0.15) is 11.3 Å². The summed E-state index contributed by atoms with van der Waals surface area (Å²) in [6, 6.07) is 9.57. The first-order chi connectivity index (χ1) is 11.6. The van der Waals surface area contributed by atoms with Gasteiger partial charge in [-0.05, 0) is 36.1 Å². The van der Waals surface area contributed by atoms with E-state index in [1.165, 1.54) is 11.3 Å². The van der Waals surface area contributed by atoms with E-state index in [4.69, 9.17) is 4.74 Å². The number of hydrogen-bond donors (Lipinski definition) is 1. The lowest BCUT2D eigenvalue weighted by atomic mass is 10.2. The van der Waals surface area contributed by atoms with E-state index >= 15 is 0 Å². The lowest BCUT2D eigenvalue weighted by Gasteiger charge is -2.17. The van der Waals surface area contributed by atoms with Gasteiger partial charge in [-0.25, -0.2) is 0 Å². The number of hydrogen-bond acceptors (Lipinski definition) is 4. The van der Waals surface area contributed by atoms with Crippen LogP contribution in [0.3, 0.4) is 0 Å². The van der Waals surface area contributed by atoms with Crippen LogP contribution in [0.1, 0.15) is 22.3 Å². The molecule has 5 nitrogen and oxygen atoms in total. The largest absolute Gasteiger partial charge is 0.492 e. The fraction of sp³-hybridized carbons (Fsp3) is 0.333. The van der Waals surface area contributed by atoms with E-state index < -0.39 is 0 Å². The summed E-state index contributed by atoms with van der Waals surface area (Å²) in [4.78, 5) is 25.4. The number of aryl methyl sites for hydroxylation is 1. The molecule has 0 fully saturated rings. The summed E-state index contributed by atoms with van der Waals surface area (Å²) in [6.45, 7) is 3.28. The Morgan fingerprint density at radius 3 is 2.83 bits per heavy atom. The highest BCUT2D eigenvalue weighted by atomic mass is 32.1. The molecule has 0 aliphatic carbocycles. The number of rotatable bonds is 8. The van der Waals surface area contributed by atoms with Crippen molar-refractivity contribution in [3.8, 4) is 5.75 Å². The fourth-order valence-corrected chi connectivity index (χ4v) is 2.74. The van der Waals surface area contributed by atoms with Gasteiger partial charge in [-0.3, -0.25) is 9.59 Å². The van der Waals surface area contributed by atoms with E-state index in [-0.39, 0.29) is 18.2 Å². The summed E-state index contributed by atoms with van der Waals surface area (Å²) >= 11 is 1.47. The van der Waals surface area contributed by atoms with Crippen molar-refractivity contribution >= 4 is 23.2 Å². The minimum atomic E-state index is -0.144. The molecule has 24 heavy (non-hydrogen) atoms. The van der Waals surface area contributed by atoms with E-state index in [1.807, 2.05) is 36.6 Å². The van der Waals surface area contributed by atoms with E-state index in [1.54, 1.807) is 23.4 Å². The molecule has 2 rings (SSSR count). The van der Waals surface area contributed by atoms with Gasteiger partial charge in [0, 0.05) is 31.0 Å². The molecule has 0 atom stereocenters. The molecule has 0 unspecified atom stereocenters.